The minimum atomic E-state index is -0.193. The summed E-state index contributed by atoms with van der Waals surface area (Å²) < 4.78 is 10.5. The molecule has 2 amide bonds. The number of methoxy groups -OCH3 is 2. The number of hydrogen-bond donors (Lipinski definition) is 3. The Kier molecular flexibility index (Phi) is 6.67. The maximum atomic E-state index is 12.2. The fourth-order valence-corrected chi connectivity index (χ4v) is 2.94. The Balaban J connectivity index is 1.39. The van der Waals surface area contributed by atoms with Crippen molar-refractivity contribution in [2.75, 3.05) is 27.3 Å². The summed E-state index contributed by atoms with van der Waals surface area (Å²) in [6.07, 6.45) is 2.52. The van der Waals surface area contributed by atoms with Crippen LogP contribution in [0.25, 0.3) is 11.0 Å². The topological polar surface area (TPSA) is 105 Å². The van der Waals surface area contributed by atoms with Crippen molar-refractivity contribution in [3.8, 4) is 11.5 Å². The highest BCUT2D eigenvalue weighted by Crippen LogP contribution is 2.27. The lowest BCUT2D eigenvalue weighted by Crippen LogP contribution is -2.34. The molecule has 0 unspecified atom stereocenters. The van der Waals surface area contributed by atoms with Gasteiger partial charge >= 0.3 is 0 Å². The average molecular weight is 396 g/mol. The smallest absolute Gasteiger partial charge is 0.251 e. The van der Waals surface area contributed by atoms with Crippen LogP contribution in [0.5, 0.6) is 11.5 Å². The van der Waals surface area contributed by atoms with E-state index in [2.05, 4.69) is 20.6 Å². The molecule has 1 aromatic heterocycles. The lowest BCUT2D eigenvalue weighted by Gasteiger charge is -2.10. The summed E-state index contributed by atoms with van der Waals surface area (Å²) >= 11 is 0. The number of carbonyl (C=O) groups excluding carboxylic acids is 2. The molecule has 0 aliphatic heterocycles. The standard InChI is InChI=1S/C21H24N4O4/c1-28-18-7-3-14(11-19(18)29-2)4-8-20(26)22-9-10-23-21(27)15-5-6-16-17(12-15)25-13-24-16/h3,5-7,11-13H,4,8-10H2,1-2H3,(H,22,26)(H,23,27)(H,24,25). The second kappa shape index (κ2) is 9.59. The summed E-state index contributed by atoms with van der Waals surface area (Å²) in [5, 5.41) is 5.60. The van der Waals surface area contributed by atoms with Crippen LogP contribution in [0.3, 0.4) is 0 Å². The van der Waals surface area contributed by atoms with Crippen LogP contribution in [0.2, 0.25) is 0 Å². The monoisotopic (exact) mass is 396 g/mol. The fourth-order valence-electron chi connectivity index (χ4n) is 2.94. The summed E-state index contributed by atoms with van der Waals surface area (Å²) in [7, 11) is 3.16. The van der Waals surface area contributed by atoms with Gasteiger partial charge in [-0.15, -0.1) is 0 Å². The normalized spacial score (nSPS) is 10.6. The lowest BCUT2D eigenvalue weighted by atomic mass is 10.1. The molecule has 0 bridgehead atoms. The molecule has 0 saturated heterocycles. The minimum Gasteiger partial charge on any atom is -0.493 e. The van der Waals surface area contributed by atoms with Crippen molar-refractivity contribution in [3.63, 3.8) is 0 Å². The van der Waals surface area contributed by atoms with E-state index in [1.54, 1.807) is 38.7 Å². The van der Waals surface area contributed by atoms with Crippen molar-refractivity contribution < 1.29 is 19.1 Å². The van der Waals surface area contributed by atoms with Gasteiger partial charge in [0.25, 0.3) is 5.91 Å². The number of carbonyl (C=O) groups is 2. The number of H-pyrrole nitrogens is 1. The number of benzene rings is 2. The Bertz CT molecular complexity index is 999. The van der Waals surface area contributed by atoms with Gasteiger partial charge < -0.3 is 25.1 Å². The lowest BCUT2D eigenvalue weighted by molar-refractivity contribution is -0.121. The Morgan fingerprint density at radius 3 is 2.59 bits per heavy atom. The number of nitrogens with one attached hydrogen (secondary N) is 3. The third kappa shape index (κ3) is 5.25. The zero-order valence-corrected chi connectivity index (χ0v) is 16.5. The summed E-state index contributed by atoms with van der Waals surface area (Å²) in [4.78, 5) is 31.3. The molecular formula is C21H24N4O4. The molecule has 3 N–H and O–H groups in total. The van der Waals surface area contributed by atoms with E-state index >= 15 is 0 Å². The van der Waals surface area contributed by atoms with E-state index in [9.17, 15) is 9.59 Å². The largest absolute Gasteiger partial charge is 0.493 e. The number of nitrogens with zero attached hydrogens (tertiary/aromatic N) is 1. The molecule has 0 spiro atoms. The van der Waals surface area contributed by atoms with Gasteiger partial charge in [0.05, 0.1) is 31.6 Å². The summed E-state index contributed by atoms with van der Waals surface area (Å²) in [5.74, 6) is 1.03. The predicted molar refractivity (Wildman–Crippen MR) is 109 cm³/mol. The second-order valence-corrected chi connectivity index (χ2v) is 6.43. The van der Waals surface area contributed by atoms with Crippen molar-refractivity contribution in [2.45, 2.75) is 12.8 Å². The molecular weight excluding hydrogens is 372 g/mol. The molecule has 0 radical (unpaired) electrons. The summed E-state index contributed by atoms with van der Waals surface area (Å²) in [5.41, 5.74) is 3.14. The second-order valence-electron chi connectivity index (χ2n) is 6.43. The number of fused-ring (bicyclic) bond motifs is 1. The van der Waals surface area contributed by atoms with Crippen LogP contribution in [0.15, 0.2) is 42.7 Å². The number of ether oxygens (including phenoxy) is 2. The van der Waals surface area contributed by atoms with Gasteiger partial charge in [-0.25, -0.2) is 4.98 Å². The maximum absolute atomic E-state index is 12.2. The molecule has 152 valence electrons. The number of aryl methyl sites for hydroxylation is 1. The first-order chi connectivity index (χ1) is 14.1. The molecule has 3 rings (SSSR count). The van der Waals surface area contributed by atoms with Crippen molar-refractivity contribution in [1.29, 1.82) is 0 Å². The van der Waals surface area contributed by atoms with Gasteiger partial charge in [0.1, 0.15) is 0 Å². The van der Waals surface area contributed by atoms with Crippen LogP contribution < -0.4 is 20.1 Å². The third-order valence-corrected chi connectivity index (χ3v) is 4.50. The molecule has 0 saturated carbocycles. The average Bonchev–Trinajstić information content (AvgIpc) is 3.22. The summed E-state index contributed by atoms with van der Waals surface area (Å²) in [6.45, 7) is 0.713. The van der Waals surface area contributed by atoms with Gasteiger partial charge in [-0.3, -0.25) is 9.59 Å². The SMILES string of the molecule is COc1ccc(CCC(=O)NCCNC(=O)c2ccc3nc[nH]c3c2)cc1OC. The molecule has 0 aliphatic carbocycles. The van der Waals surface area contributed by atoms with Crippen LogP contribution >= 0.6 is 0 Å². The van der Waals surface area contributed by atoms with Crippen LogP contribution in [0.4, 0.5) is 0 Å². The van der Waals surface area contributed by atoms with Crippen LogP contribution in [-0.4, -0.2) is 49.1 Å². The molecule has 0 atom stereocenters. The van der Waals surface area contributed by atoms with Crippen molar-refractivity contribution in [1.82, 2.24) is 20.6 Å². The number of imidazole rings is 1. The van der Waals surface area contributed by atoms with E-state index in [0.29, 0.717) is 43.0 Å². The van der Waals surface area contributed by atoms with E-state index in [0.717, 1.165) is 16.6 Å². The third-order valence-electron chi connectivity index (χ3n) is 4.50. The first kappa shape index (κ1) is 20.2. The van der Waals surface area contributed by atoms with Gasteiger partial charge in [-0.1, -0.05) is 6.07 Å². The zero-order chi connectivity index (χ0) is 20.6. The Morgan fingerprint density at radius 1 is 1.00 bits per heavy atom. The number of rotatable bonds is 9. The van der Waals surface area contributed by atoms with Crippen LogP contribution in [-0.2, 0) is 11.2 Å². The number of aromatic amines is 1. The maximum Gasteiger partial charge on any atom is 0.251 e. The Labute approximate surface area is 168 Å². The van der Waals surface area contributed by atoms with Crippen LogP contribution in [0, 0.1) is 0 Å². The molecule has 2 aromatic carbocycles. The molecule has 0 fully saturated rings. The van der Waals surface area contributed by atoms with Crippen LogP contribution in [0.1, 0.15) is 22.3 Å². The highest BCUT2D eigenvalue weighted by molar-refractivity contribution is 5.97. The number of aromatic nitrogens is 2. The zero-order valence-electron chi connectivity index (χ0n) is 16.5. The van der Waals surface area contributed by atoms with E-state index in [-0.39, 0.29) is 11.8 Å². The number of hydrogen-bond acceptors (Lipinski definition) is 5. The van der Waals surface area contributed by atoms with E-state index in [1.807, 2.05) is 18.2 Å². The predicted octanol–water partition coefficient (Wildman–Crippen LogP) is 2.06. The van der Waals surface area contributed by atoms with Crippen molar-refractivity contribution in [2.24, 2.45) is 0 Å². The molecule has 8 heteroatoms. The molecule has 1 heterocycles. The number of amides is 2. The first-order valence-corrected chi connectivity index (χ1v) is 9.29. The van der Waals surface area contributed by atoms with E-state index in [1.165, 1.54) is 0 Å². The molecule has 29 heavy (non-hydrogen) atoms. The van der Waals surface area contributed by atoms with Gasteiger partial charge in [-0.05, 0) is 42.3 Å². The van der Waals surface area contributed by atoms with Gasteiger partial charge in [0, 0.05) is 25.1 Å². The first-order valence-electron chi connectivity index (χ1n) is 9.29. The van der Waals surface area contributed by atoms with Gasteiger partial charge in [0.2, 0.25) is 5.91 Å². The Hall–Kier alpha value is -3.55. The van der Waals surface area contributed by atoms with E-state index in [4.69, 9.17) is 9.47 Å². The fraction of sp³-hybridized carbons (Fsp3) is 0.286. The quantitative estimate of drug-likeness (QED) is 0.480. The highest BCUT2D eigenvalue weighted by atomic mass is 16.5. The Morgan fingerprint density at radius 2 is 1.79 bits per heavy atom. The van der Waals surface area contributed by atoms with Crippen molar-refractivity contribution in [3.05, 3.63) is 53.9 Å². The molecule has 0 aliphatic rings. The van der Waals surface area contributed by atoms with E-state index < -0.39 is 0 Å². The molecule has 3 aromatic rings. The van der Waals surface area contributed by atoms with Gasteiger partial charge in [0.15, 0.2) is 11.5 Å². The summed E-state index contributed by atoms with van der Waals surface area (Å²) in [6, 6.07) is 10.9. The molecule has 8 nitrogen and oxygen atoms in total. The minimum absolute atomic E-state index is 0.0760. The highest BCUT2D eigenvalue weighted by Gasteiger charge is 2.09. The van der Waals surface area contributed by atoms with Gasteiger partial charge in [-0.2, -0.15) is 0 Å². The van der Waals surface area contributed by atoms with Crippen molar-refractivity contribution >= 4 is 22.8 Å².